The fraction of sp³-hybridized carbons (Fsp3) is 0.188. The Morgan fingerprint density at radius 3 is 2.09 bits per heavy atom. The number of hydrogen-bond donors (Lipinski definition) is 1. The Morgan fingerprint density at radius 2 is 1.55 bits per heavy atom. The van der Waals surface area contributed by atoms with Gasteiger partial charge in [0, 0.05) is 0 Å². The molecule has 0 aliphatic heterocycles. The molecule has 0 aliphatic rings. The highest BCUT2D eigenvalue weighted by molar-refractivity contribution is 7.89. The normalized spacial score (nSPS) is 11.0. The number of rotatable bonds is 5. The van der Waals surface area contributed by atoms with Crippen molar-refractivity contribution in [1.82, 2.24) is 4.41 Å². The van der Waals surface area contributed by atoms with E-state index in [4.69, 9.17) is 0 Å². The van der Waals surface area contributed by atoms with E-state index in [1.165, 1.54) is 12.1 Å². The van der Waals surface area contributed by atoms with Gasteiger partial charge in [-0.2, -0.15) is 8.42 Å². The number of carbonyl (C=O) groups is 1. The Labute approximate surface area is 130 Å². The van der Waals surface area contributed by atoms with Gasteiger partial charge in [0.2, 0.25) is 6.41 Å². The maximum Gasteiger partial charge on any atom is 0.284 e. The smallest absolute Gasteiger partial charge is 0.282 e. The van der Waals surface area contributed by atoms with Crippen LogP contribution in [0.2, 0.25) is 0 Å². The van der Waals surface area contributed by atoms with Gasteiger partial charge in [-0.05, 0) is 44.5 Å². The van der Waals surface area contributed by atoms with Crippen LogP contribution in [0.4, 0.5) is 5.69 Å². The SMILES string of the molecule is Cc1ccc(S(=O)(=O)N(C=O)Nc2ccc(C)cc2C)cc1. The van der Waals surface area contributed by atoms with Gasteiger partial charge >= 0.3 is 0 Å². The minimum absolute atomic E-state index is 0.0578. The molecule has 22 heavy (non-hydrogen) atoms. The second-order valence-electron chi connectivity index (χ2n) is 5.15. The number of nitrogens with zero attached hydrogens (tertiary/aromatic N) is 1. The number of hydrogen-bond acceptors (Lipinski definition) is 4. The zero-order valence-corrected chi connectivity index (χ0v) is 13.5. The average molecular weight is 318 g/mol. The fourth-order valence-electron chi connectivity index (χ4n) is 2.02. The van der Waals surface area contributed by atoms with Gasteiger partial charge in [-0.3, -0.25) is 10.2 Å². The first-order valence-electron chi connectivity index (χ1n) is 6.75. The molecule has 2 aromatic carbocycles. The van der Waals surface area contributed by atoms with E-state index in [0.29, 0.717) is 10.1 Å². The lowest BCUT2D eigenvalue weighted by molar-refractivity contribution is -0.113. The van der Waals surface area contributed by atoms with Crippen LogP contribution in [0.25, 0.3) is 0 Å². The summed E-state index contributed by atoms with van der Waals surface area (Å²) in [6.07, 6.45) is 0.258. The molecule has 1 N–H and O–H groups in total. The third kappa shape index (κ3) is 3.28. The summed E-state index contributed by atoms with van der Waals surface area (Å²) in [5, 5.41) is 0. The number of hydrazine groups is 1. The summed E-state index contributed by atoms with van der Waals surface area (Å²) in [6.45, 7) is 5.65. The molecule has 0 bridgehead atoms. The Balaban J connectivity index is 2.34. The molecule has 0 atom stereocenters. The lowest BCUT2D eigenvalue weighted by Gasteiger charge is -2.21. The maximum absolute atomic E-state index is 12.5. The van der Waals surface area contributed by atoms with Crippen LogP contribution in [0.15, 0.2) is 47.4 Å². The van der Waals surface area contributed by atoms with Crippen molar-refractivity contribution >= 4 is 22.1 Å². The molecule has 0 heterocycles. The van der Waals surface area contributed by atoms with E-state index in [-0.39, 0.29) is 11.3 Å². The molecular formula is C16H18N2O3S. The van der Waals surface area contributed by atoms with Crippen LogP contribution in [0.1, 0.15) is 16.7 Å². The highest BCUT2D eigenvalue weighted by atomic mass is 32.2. The zero-order chi connectivity index (χ0) is 16.3. The van der Waals surface area contributed by atoms with Crippen molar-refractivity contribution in [3.05, 3.63) is 59.2 Å². The van der Waals surface area contributed by atoms with E-state index >= 15 is 0 Å². The van der Waals surface area contributed by atoms with Crippen LogP contribution < -0.4 is 5.43 Å². The predicted octanol–water partition coefficient (Wildman–Crippen LogP) is 2.79. The van der Waals surface area contributed by atoms with Crippen molar-refractivity contribution in [2.75, 3.05) is 5.43 Å². The number of carbonyl (C=O) groups excluding carboxylic acids is 1. The Hall–Kier alpha value is -2.34. The Morgan fingerprint density at radius 1 is 0.955 bits per heavy atom. The molecule has 2 rings (SSSR count). The van der Waals surface area contributed by atoms with Gasteiger partial charge in [0.15, 0.2) is 0 Å². The summed E-state index contributed by atoms with van der Waals surface area (Å²) in [4.78, 5) is 11.3. The molecule has 0 unspecified atom stereocenters. The highest BCUT2D eigenvalue weighted by Crippen LogP contribution is 2.20. The maximum atomic E-state index is 12.5. The molecule has 0 aliphatic carbocycles. The van der Waals surface area contributed by atoms with E-state index < -0.39 is 10.0 Å². The minimum Gasteiger partial charge on any atom is -0.282 e. The molecule has 0 saturated carbocycles. The molecule has 5 nitrogen and oxygen atoms in total. The van der Waals surface area contributed by atoms with Gasteiger partial charge in [-0.1, -0.05) is 35.4 Å². The van der Waals surface area contributed by atoms with Crippen molar-refractivity contribution in [3.63, 3.8) is 0 Å². The van der Waals surface area contributed by atoms with Crippen molar-refractivity contribution < 1.29 is 13.2 Å². The average Bonchev–Trinajstić information content (AvgIpc) is 2.46. The molecule has 0 saturated heterocycles. The summed E-state index contributed by atoms with van der Waals surface area (Å²) < 4.78 is 25.6. The summed E-state index contributed by atoms with van der Waals surface area (Å²) in [5.41, 5.74) is 6.07. The number of benzene rings is 2. The van der Waals surface area contributed by atoms with E-state index in [1.54, 1.807) is 18.2 Å². The second-order valence-corrected chi connectivity index (χ2v) is 6.96. The van der Waals surface area contributed by atoms with Crippen molar-refractivity contribution in [3.8, 4) is 0 Å². The lowest BCUT2D eigenvalue weighted by Crippen LogP contribution is -2.35. The molecule has 0 fully saturated rings. The third-order valence-electron chi connectivity index (χ3n) is 3.29. The Kier molecular flexibility index (Phi) is 4.51. The number of aryl methyl sites for hydroxylation is 3. The lowest BCUT2D eigenvalue weighted by atomic mass is 10.1. The molecule has 1 amide bonds. The van der Waals surface area contributed by atoms with Gasteiger partial charge in [-0.25, -0.2) is 0 Å². The first kappa shape index (κ1) is 16.0. The first-order valence-corrected chi connectivity index (χ1v) is 8.19. The zero-order valence-electron chi connectivity index (χ0n) is 12.7. The molecule has 0 aromatic heterocycles. The summed E-state index contributed by atoms with van der Waals surface area (Å²) in [7, 11) is -3.94. The van der Waals surface area contributed by atoms with Gasteiger partial charge in [0.05, 0.1) is 10.6 Å². The minimum atomic E-state index is -3.94. The van der Waals surface area contributed by atoms with Crippen molar-refractivity contribution in [2.45, 2.75) is 25.7 Å². The summed E-state index contributed by atoms with van der Waals surface area (Å²) >= 11 is 0. The Bertz CT molecular complexity index is 784. The van der Waals surface area contributed by atoms with Crippen molar-refractivity contribution in [1.29, 1.82) is 0 Å². The molecule has 0 radical (unpaired) electrons. The van der Waals surface area contributed by atoms with Crippen LogP contribution in [-0.2, 0) is 14.8 Å². The molecule has 116 valence electrons. The quantitative estimate of drug-likeness (QED) is 0.680. The predicted molar refractivity (Wildman–Crippen MR) is 85.8 cm³/mol. The summed E-state index contributed by atoms with van der Waals surface area (Å²) in [6, 6.07) is 11.8. The van der Waals surface area contributed by atoms with Gasteiger partial charge in [-0.15, -0.1) is 4.41 Å². The molecule has 0 spiro atoms. The largest absolute Gasteiger partial charge is 0.284 e. The van der Waals surface area contributed by atoms with Crippen LogP contribution >= 0.6 is 0 Å². The van der Waals surface area contributed by atoms with E-state index in [0.717, 1.165) is 16.7 Å². The third-order valence-corrected chi connectivity index (χ3v) is 4.85. The van der Waals surface area contributed by atoms with Crippen LogP contribution in [-0.4, -0.2) is 19.2 Å². The number of amides is 1. The van der Waals surface area contributed by atoms with E-state index in [2.05, 4.69) is 5.43 Å². The van der Waals surface area contributed by atoms with Crippen LogP contribution in [0.5, 0.6) is 0 Å². The molecule has 6 heteroatoms. The van der Waals surface area contributed by atoms with Gasteiger partial charge < -0.3 is 0 Å². The van der Waals surface area contributed by atoms with Crippen LogP contribution in [0, 0.1) is 20.8 Å². The second kappa shape index (κ2) is 6.19. The monoisotopic (exact) mass is 318 g/mol. The molecular weight excluding hydrogens is 300 g/mol. The highest BCUT2D eigenvalue weighted by Gasteiger charge is 2.23. The van der Waals surface area contributed by atoms with Gasteiger partial charge in [0.25, 0.3) is 10.0 Å². The topological polar surface area (TPSA) is 66.5 Å². The standard InChI is InChI=1S/C16H18N2O3S/c1-12-4-7-15(8-5-12)22(20,21)18(11-19)17-16-9-6-13(2)10-14(16)3/h4-11,17H,1-3H3. The summed E-state index contributed by atoms with van der Waals surface area (Å²) in [5.74, 6) is 0. The van der Waals surface area contributed by atoms with E-state index in [1.807, 2.05) is 32.9 Å². The van der Waals surface area contributed by atoms with E-state index in [9.17, 15) is 13.2 Å². The fourth-order valence-corrected chi connectivity index (χ4v) is 3.06. The van der Waals surface area contributed by atoms with Gasteiger partial charge in [0.1, 0.15) is 0 Å². The number of anilines is 1. The number of sulfonamides is 1. The van der Waals surface area contributed by atoms with Crippen molar-refractivity contribution in [2.24, 2.45) is 0 Å². The number of nitrogens with one attached hydrogen (secondary N) is 1. The first-order chi connectivity index (χ1) is 10.3. The van der Waals surface area contributed by atoms with Crippen LogP contribution in [0.3, 0.4) is 0 Å². The molecule has 2 aromatic rings.